The topological polar surface area (TPSA) is 46.2 Å². The van der Waals surface area contributed by atoms with Crippen molar-refractivity contribution < 1.29 is 8.42 Å². The van der Waals surface area contributed by atoms with Crippen LogP contribution in [0.3, 0.4) is 0 Å². The van der Waals surface area contributed by atoms with Crippen LogP contribution in [0.4, 0.5) is 0 Å². The van der Waals surface area contributed by atoms with E-state index < -0.39 is 9.84 Å². The molecule has 2 atom stereocenters. The predicted octanol–water partition coefficient (Wildman–Crippen LogP) is 1.84. The van der Waals surface area contributed by atoms with E-state index in [0.717, 1.165) is 19.3 Å². The summed E-state index contributed by atoms with van der Waals surface area (Å²) in [6.07, 6.45) is 2.87. The highest BCUT2D eigenvalue weighted by atomic mass is 32.2. The molecular formula is C11H25NO2S. The molecular weight excluding hydrogens is 210 g/mol. The zero-order valence-corrected chi connectivity index (χ0v) is 11.2. The van der Waals surface area contributed by atoms with Gasteiger partial charge in [-0.25, -0.2) is 8.42 Å². The molecule has 0 heterocycles. The van der Waals surface area contributed by atoms with Gasteiger partial charge in [0.1, 0.15) is 9.84 Å². The van der Waals surface area contributed by atoms with Crippen LogP contribution < -0.4 is 5.32 Å². The smallest absolute Gasteiger partial charge is 0.150 e. The molecule has 0 radical (unpaired) electrons. The summed E-state index contributed by atoms with van der Waals surface area (Å²) in [5.41, 5.74) is 0. The van der Waals surface area contributed by atoms with Gasteiger partial charge in [0.15, 0.2) is 0 Å². The van der Waals surface area contributed by atoms with Crippen molar-refractivity contribution in [1.29, 1.82) is 0 Å². The Morgan fingerprint density at radius 1 is 1.27 bits per heavy atom. The molecule has 0 rings (SSSR count). The lowest BCUT2D eigenvalue weighted by Gasteiger charge is -2.21. The second kappa shape index (κ2) is 7.23. The predicted molar refractivity (Wildman–Crippen MR) is 65.9 cm³/mol. The van der Waals surface area contributed by atoms with Gasteiger partial charge in [-0.1, -0.05) is 20.8 Å². The van der Waals surface area contributed by atoms with Crippen LogP contribution in [0.5, 0.6) is 0 Å². The standard InChI is InChI=1S/C11H25NO2S/c1-5-11(12-4)10(3)8-7-9-15(13,14)6-2/h10-12H,5-9H2,1-4H3. The van der Waals surface area contributed by atoms with E-state index in [-0.39, 0.29) is 5.75 Å². The van der Waals surface area contributed by atoms with Crippen LogP contribution in [0.15, 0.2) is 0 Å². The minimum atomic E-state index is -2.77. The Balaban J connectivity index is 3.86. The molecule has 2 unspecified atom stereocenters. The van der Waals surface area contributed by atoms with Gasteiger partial charge in [0.25, 0.3) is 0 Å². The van der Waals surface area contributed by atoms with E-state index in [1.165, 1.54) is 0 Å². The second-order valence-electron chi connectivity index (χ2n) is 4.16. The molecule has 4 heteroatoms. The second-order valence-corrected chi connectivity index (χ2v) is 6.63. The molecule has 0 spiro atoms. The van der Waals surface area contributed by atoms with Crippen LogP contribution in [-0.4, -0.2) is 33.0 Å². The van der Waals surface area contributed by atoms with Gasteiger partial charge in [0.05, 0.1) is 5.75 Å². The summed E-state index contributed by atoms with van der Waals surface area (Å²) in [7, 11) is -0.809. The number of sulfone groups is 1. The van der Waals surface area contributed by atoms with Crippen molar-refractivity contribution in [3.8, 4) is 0 Å². The Morgan fingerprint density at radius 2 is 1.87 bits per heavy atom. The molecule has 1 N–H and O–H groups in total. The van der Waals surface area contributed by atoms with E-state index in [9.17, 15) is 8.42 Å². The van der Waals surface area contributed by atoms with Crippen molar-refractivity contribution in [1.82, 2.24) is 5.32 Å². The van der Waals surface area contributed by atoms with Crippen LogP contribution in [0.1, 0.15) is 40.0 Å². The first-order chi connectivity index (χ1) is 6.96. The maximum absolute atomic E-state index is 11.3. The third-order valence-corrected chi connectivity index (χ3v) is 4.84. The van der Waals surface area contributed by atoms with E-state index in [2.05, 4.69) is 19.2 Å². The van der Waals surface area contributed by atoms with Gasteiger partial charge < -0.3 is 5.32 Å². The first-order valence-corrected chi connectivity index (χ1v) is 7.66. The molecule has 15 heavy (non-hydrogen) atoms. The Morgan fingerprint density at radius 3 is 2.27 bits per heavy atom. The van der Waals surface area contributed by atoms with E-state index in [1.807, 2.05) is 7.05 Å². The molecule has 0 bridgehead atoms. The maximum Gasteiger partial charge on any atom is 0.150 e. The average molecular weight is 235 g/mol. The zero-order valence-electron chi connectivity index (χ0n) is 10.4. The van der Waals surface area contributed by atoms with Crippen molar-refractivity contribution in [3.05, 3.63) is 0 Å². The van der Waals surface area contributed by atoms with Gasteiger partial charge in [-0.15, -0.1) is 0 Å². The molecule has 0 fully saturated rings. The summed E-state index contributed by atoms with van der Waals surface area (Å²) in [6, 6.07) is 0.509. The SMILES string of the molecule is CCC(NC)C(C)CCCS(=O)(=O)CC. The first-order valence-electron chi connectivity index (χ1n) is 5.84. The Bertz CT molecular complexity index is 245. The molecule has 0 aromatic carbocycles. The van der Waals surface area contributed by atoms with Gasteiger partial charge in [-0.3, -0.25) is 0 Å². The fourth-order valence-electron chi connectivity index (χ4n) is 1.86. The Labute approximate surface area is 94.6 Å². The van der Waals surface area contributed by atoms with Crippen LogP contribution in [-0.2, 0) is 9.84 Å². The molecule has 0 aliphatic rings. The van der Waals surface area contributed by atoms with Crippen molar-refractivity contribution in [2.24, 2.45) is 5.92 Å². The zero-order chi connectivity index (χ0) is 11.9. The normalized spacial score (nSPS) is 16.3. The minimum Gasteiger partial charge on any atom is -0.317 e. The monoisotopic (exact) mass is 235 g/mol. The fourth-order valence-corrected chi connectivity index (χ4v) is 2.76. The van der Waals surface area contributed by atoms with Gasteiger partial charge in [-0.05, 0) is 32.2 Å². The van der Waals surface area contributed by atoms with Crippen LogP contribution >= 0.6 is 0 Å². The van der Waals surface area contributed by atoms with E-state index in [4.69, 9.17) is 0 Å². The van der Waals surface area contributed by atoms with Crippen molar-refractivity contribution >= 4 is 9.84 Å². The molecule has 92 valence electrons. The molecule has 0 aromatic heterocycles. The molecule has 0 saturated carbocycles. The third-order valence-electron chi connectivity index (χ3n) is 3.05. The molecule has 0 aromatic rings. The van der Waals surface area contributed by atoms with E-state index >= 15 is 0 Å². The molecule has 0 aliphatic heterocycles. The Kier molecular flexibility index (Phi) is 7.18. The highest BCUT2D eigenvalue weighted by molar-refractivity contribution is 7.91. The average Bonchev–Trinajstić information content (AvgIpc) is 2.19. The summed E-state index contributed by atoms with van der Waals surface area (Å²) in [5, 5.41) is 3.26. The quantitative estimate of drug-likeness (QED) is 0.698. The Hall–Kier alpha value is -0.0900. The van der Waals surface area contributed by atoms with Crippen molar-refractivity contribution in [2.75, 3.05) is 18.6 Å². The highest BCUT2D eigenvalue weighted by Gasteiger charge is 2.14. The molecule has 0 amide bonds. The van der Waals surface area contributed by atoms with Crippen LogP contribution in [0.25, 0.3) is 0 Å². The summed E-state index contributed by atoms with van der Waals surface area (Å²) < 4.78 is 22.5. The van der Waals surface area contributed by atoms with Crippen molar-refractivity contribution in [3.63, 3.8) is 0 Å². The lowest BCUT2D eigenvalue weighted by molar-refractivity contribution is 0.365. The van der Waals surface area contributed by atoms with Crippen LogP contribution in [0.2, 0.25) is 0 Å². The van der Waals surface area contributed by atoms with Crippen LogP contribution in [0, 0.1) is 5.92 Å². The lowest BCUT2D eigenvalue weighted by Crippen LogP contribution is -2.31. The molecule has 3 nitrogen and oxygen atoms in total. The highest BCUT2D eigenvalue weighted by Crippen LogP contribution is 2.14. The summed E-state index contributed by atoms with van der Waals surface area (Å²) >= 11 is 0. The van der Waals surface area contributed by atoms with Gasteiger partial charge >= 0.3 is 0 Å². The summed E-state index contributed by atoms with van der Waals surface area (Å²) in [4.78, 5) is 0. The largest absolute Gasteiger partial charge is 0.317 e. The first kappa shape index (κ1) is 14.9. The number of hydrogen-bond acceptors (Lipinski definition) is 3. The van der Waals surface area contributed by atoms with Gasteiger partial charge in [0, 0.05) is 11.8 Å². The molecule has 0 saturated heterocycles. The summed E-state index contributed by atoms with van der Waals surface area (Å²) in [6.45, 7) is 6.05. The summed E-state index contributed by atoms with van der Waals surface area (Å²) in [5.74, 6) is 1.16. The van der Waals surface area contributed by atoms with E-state index in [0.29, 0.717) is 17.7 Å². The van der Waals surface area contributed by atoms with E-state index in [1.54, 1.807) is 6.92 Å². The number of rotatable bonds is 8. The van der Waals surface area contributed by atoms with Gasteiger partial charge in [0.2, 0.25) is 0 Å². The van der Waals surface area contributed by atoms with Gasteiger partial charge in [-0.2, -0.15) is 0 Å². The fraction of sp³-hybridized carbons (Fsp3) is 1.00. The number of hydrogen-bond donors (Lipinski definition) is 1. The third kappa shape index (κ3) is 6.15. The molecule has 0 aliphatic carbocycles. The number of nitrogens with one attached hydrogen (secondary N) is 1. The lowest BCUT2D eigenvalue weighted by atomic mass is 9.95. The maximum atomic E-state index is 11.3. The minimum absolute atomic E-state index is 0.268. The van der Waals surface area contributed by atoms with Crippen molar-refractivity contribution in [2.45, 2.75) is 46.1 Å².